The fraction of sp³-hybridized carbons (Fsp3) is 0.571. The summed E-state index contributed by atoms with van der Waals surface area (Å²) in [6.45, 7) is 1.82. The molecule has 2 fully saturated rings. The minimum absolute atomic E-state index is 0.242. The first-order valence-electron chi connectivity index (χ1n) is 7.17. The van der Waals surface area contributed by atoms with Gasteiger partial charge in [-0.15, -0.1) is 0 Å². The van der Waals surface area contributed by atoms with Crippen LogP contribution in [0.5, 0.6) is 0 Å². The summed E-state index contributed by atoms with van der Waals surface area (Å²) in [5, 5.41) is 3.70. The summed E-state index contributed by atoms with van der Waals surface area (Å²) < 4.78 is 27.0. The van der Waals surface area contributed by atoms with E-state index in [4.69, 9.17) is 11.6 Å². The highest BCUT2D eigenvalue weighted by Gasteiger charge is 2.28. The number of sulfonamides is 1. The van der Waals surface area contributed by atoms with Crippen LogP contribution in [0.1, 0.15) is 18.4 Å². The van der Waals surface area contributed by atoms with E-state index in [0.717, 1.165) is 17.1 Å². The van der Waals surface area contributed by atoms with Crippen LogP contribution < -0.4 is 5.32 Å². The third-order valence-electron chi connectivity index (χ3n) is 3.76. The first kappa shape index (κ1) is 15.6. The Balaban J connectivity index is 1.82. The summed E-state index contributed by atoms with van der Waals surface area (Å²) in [6, 6.07) is 5.90. The number of nitrogens with zero attached hydrogens (tertiary/aromatic N) is 1. The molecule has 0 atom stereocenters. The first-order chi connectivity index (χ1) is 10.1. The fourth-order valence-corrected chi connectivity index (χ4v) is 5.43. The maximum atomic E-state index is 12.7. The van der Waals surface area contributed by atoms with Crippen LogP contribution in [0.15, 0.2) is 23.1 Å². The van der Waals surface area contributed by atoms with Crippen molar-refractivity contribution in [2.75, 3.05) is 24.6 Å². The van der Waals surface area contributed by atoms with Gasteiger partial charge in [0.25, 0.3) is 0 Å². The lowest BCUT2D eigenvalue weighted by Crippen LogP contribution is -2.38. The van der Waals surface area contributed by atoms with Crippen LogP contribution in [0.4, 0.5) is 0 Å². The second-order valence-corrected chi connectivity index (χ2v) is 8.97. The van der Waals surface area contributed by atoms with E-state index in [2.05, 4.69) is 5.32 Å². The van der Waals surface area contributed by atoms with E-state index >= 15 is 0 Å². The Bertz CT molecular complexity index is 611. The molecule has 4 nitrogen and oxygen atoms in total. The van der Waals surface area contributed by atoms with Gasteiger partial charge in [0.1, 0.15) is 4.90 Å². The van der Waals surface area contributed by atoms with Crippen LogP contribution in [0, 0.1) is 0 Å². The highest BCUT2D eigenvalue weighted by molar-refractivity contribution is 7.99. The SMILES string of the molecule is O=S(=O)(c1cc(CNC2CC2)ccc1Cl)N1CCSCC1. The Morgan fingerprint density at radius 3 is 2.67 bits per heavy atom. The van der Waals surface area contributed by atoms with Gasteiger partial charge in [-0.25, -0.2) is 8.42 Å². The third-order valence-corrected chi connectivity index (χ3v) is 7.08. The van der Waals surface area contributed by atoms with Crippen molar-refractivity contribution in [1.29, 1.82) is 0 Å². The monoisotopic (exact) mass is 346 g/mol. The summed E-state index contributed by atoms with van der Waals surface area (Å²) >= 11 is 7.93. The van der Waals surface area contributed by atoms with Gasteiger partial charge in [0.05, 0.1) is 5.02 Å². The van der Waals surface area contributed by atoms with Gasteiger partial charge in [-0.05, 0) is 30.5 Å². The average Bonchev–Trinajstić information content (AvgIpc) is 3.31. The average molecular weight is 347 g/mol. The molecule has 0 bridgehead atoms. The van der Waals surface area contributed by atoms with Gasteiger partial charge >= 0.3 is 0 Å². The number of rotatable bonds is 5. The van der Waals surface area contributed by atoms with E-state index in [1.165, 1.54) is 12.8 Å². The molecule has 1 saturated carbocycles. The van der Waals surface area contributed by atoms with Crippen LogP contribution in [-0.4, -0.2) is 43.4 Å². The summed E-state index contributed by atoms with van der Waals surface area (Å²) in [7, 11) is -3.48. The van der Waals surface area contributed by atoms with E-state index in [-0.39, 0.29) is 4.90 Å². The molecule has 21 heavy (non-hydrogen) atoms. The van der Waals surface area contributed by atoms with Gasteiger partial charge in [-0.2, -0.15) is 16.1 Å². The lowest BCUT2D eigenvalue weighted by atomic mass is 10.2. The number of thioether (sulfide) groups is 1. The van der Waals surface area contributed by atoms with Gasteiger partial charge < -0.3 is 5.32 Å². The normalized spacial score (nSPS) is 20.6. The second-order valence-electron chi connectivity index (χ2n) is 5.44. The van der Waals surface area contributed by atoms with Crippen molar-refractivity contribution < 1.29 is 8.42 Å². The van der Waals surface area contributed by atoms with Crippen LogP contribution in [0.3, 0.4) is 0 Å². The Kier molecular flexibility index (Phi) is 4.81. The quantitative estimate of drug-likeness (QED) is 0.889. The van der Waals surface area contributed by atoms with Gasteiger partial charge in [-0.1, -0.05) is 17.7 Å². The molecule has 1 aromatic carbocycles. The lowest BCUT2D eigenvalue weighted by Gasteiger charge is -2.26. The molecule has 2 aliphatic rings. The molecule has 1 saturated heterocycles. The Morgan fingerprint density at radius 1 is 1.29 bits per heavy atom. The Labute approximate surface area is 135 Å². The van der Waals surface area contributed by atoms with Crippen molar-refractivity contribution in [3.63, 3.8) is 0 Å². The van der Waals surface area contributed by atoms with Crippen LogP contribution in [0.25, 0.3) is 0 Å². The van der Waals surface area contributed by atoms with Crippen molar-refractivity contribution in [3.8, 4) is 0 Å². The van der Waals surface area contributed by atoms with E-state index in [0.29, 0.717) is 30.7 Å². The first-order valence-corrected chi connectivity index (χ1v) is 10.1. The summed E-state index contributed by atoms with van der Waals surface area (Å²) in [4.78, 5) is 0.242. The van der Waals surface area contributed by atoms with E-state index in [9.17, 15) is 8.42 Å². The zero-order chi connectivity index (χ0) is 14.9. The Hall–Kier alpha value is -0.270. The number of benzene rings is 1. The third kappa shape index (κ3) is 3.74. The molecule has 116 valence electrons. The standard InChI is InChI=1S/C14H19ClN2O2S2/c15-13-4-1-11(10-16-12-2-3-12)9-14(13)21(18,19)17-5-7-20-8-6-17/h1,4,9,12,16H,2-3,5-8,10H2. The maximum Gasteiger partial charge on any atom is 0.244 e. The lowest BCUT2D eigenvalue weighted by molar-refractivity contribution is 0.443. The number of hydrogen-bond acceptors (Lipinski definition) is 4. The van der Waals surface area contributed by atoms with E-state index in [1.54, 1.807) is 28.2 Å². The molecule has 0 unspecified atom stereocenters. The molecular weight excluding hydrogens is 328 g/mol. The molecule has 1 aliphatic carbocycles. The smallest absolute Gasteiger partial charge is 0.244 e. The van der Waals surface area contributed by atoms with Crippen molar-refractivity contribution in [2.24, 2.45) is 0 Å². The number of halogens is 1. The molecule has 1 aromatic rings. The Morgan fingerprint density at radius 2 is 2.00 bits per heavy atom. The van der Waals surface area contributed by atoms with Crippen molar-refractivity contribution in [3.05, 3.63) is 28.8 Å². The van der Waals surface area contributed by atoms with E-state index < -0.39 is 10.0 Å². The minimum atomic E-state index is -3.48. The van der Waals surface area contributed by atoms with Crippen LogP contribution >= 0.6 is 23.4 Å². The molecule has 1 N–H and O–H groups in total. The maximum absolute atomic E-state index is 12.7. The van der Waals surface area contributed by atoms with Crippen LogP contribution in [0.2, 0.25) is 5.02 Å². The van der Waals surface area contributed by atoms with Crippen molar-refractivity contribution in [1.82, 2.24) is 9.62 Å². The van der Waals surface area contributed by atoms with Gasteiger partial charge in [0.15, 0.2) is 0 Å². The largest absolute Gasteiger partial charge is 0.310 e. The zero-order valence-electron chi connectivity index (χ0n) is 11.7. The molecule has 0 radical (unpaired) electrons. The molecule has 0 spiro atoms. The molecule has 1 heterocycles. The van der Waals surface area contributed by atoms with Gasteiger partial charge in [-0.3, -0.25) is 0 Å². The second kappa shape index (κ2) is 6.46. The molecular formula is C14H19ClN2O2S2. The number of nitrogens with one attached hydrogen (secondary N) is 1. The number of hydrogen-bond donors (Lipinski definition) is 1. The van der Waals surface area contributed by atoms with Crippen molar-refractivity contribution in [2.45, 2.75) is 30.3 Å². The topological polar surface area (TPSA) is 49.4 Å². The summed E-state index contributed by atoms with van der Waals surface area (Å²) in [5.74, 6) is 1.69. The molecule has 0 amide bonds. The highest BCUT2D eigenvalue weighted by atomic mass is 35.5. The molecule has 7 heteroatoms. The predicted molar refractivity (Wildman–Crippen MR) is 87.4 cm³/mol. The van der Waals surface area contributed by atoms with Gasteiger partial charge in [0, 0.05) is 37.2 Å². The minimum Gasteiger partial charge on any atom is -0.310 e. The highest BCUT2D eigenvalue weighted by Crippen LogP contribution is 2.28. The zero-order valence-corrected chi connectivity index (χ0v) is 14.1. The summed E-state index contributed by atoms with van der Waals surface area (Å²) in [5.41, 5.74) is 0.969. The molecule has 0 aromatic heterocycles. The fourth-order valence-electron chi connectivity index (χ4n) is 2.33. The summed E-state index contributed by atoms with van der Waals surface area (Å²) in [6.07, 6.45) is 2.42. The van der Waals surface area contributed by atoms with Crippen LogP contribution in [-0.2, 0) is 16.6 Å². The van der Waals surface area contributed by atoms with E-state index in [1.807, 2.05) is 6.07 Å². The predicted octanol–water partition coefficient (Wildman–Crippen LogP) is 2.33. The van der Waals surface area contributed by atoms with Gasteiger partial charge in [0.2, 0.25) is 10.0 Å². The molecule has 3 rings (SSSR count). The molecule has 1 aliphatic heterocycles. The van der Waals surface area contributed by atoms with Crippen molar-refractivity contribution >= 4 is 33.4 Å².